The number of carbonyl (C=O) groups excluding carboxylic acids is 1. The summed E-state index contributed by atoms with van der Waals surface area (Å²) in [6.07, 6.45) is 3.82. The number of benzene rings is 2. The summed E-state index contributed by atoms with van der Waals surface area (Å²) in [5.74, 6) is -0.0623. The van der Waals surface area contributed by atoms with Crippen molar-refractivity contribution >= 4 is 5.91 Å². The molecule has 160 valence electrons. The Labute approximate surface area is 183 Å². The van der Waals surface area contributed by atoms with Crippen LogP contribution in [0.4, 0.5) is 0 Å². The first-order chi connectivity index (χ1) is 15.2. The predicted octanol–water partition coefficient (Wildman–Crippen LogP) is 4.36. The molecule has 1 amide bonds. The number of carbonyl (C=O) groups is 1. The molecule has 0 bridgehead atoms. The van der Waals surface area contributed by atoms with Crippen molar-refractivity contribution in [2.75, 3.05) is 26.8 Å². The number of ether oxygens (including phenoxy) is 1. The van der Waals surface area contributed by atoms with E-state index < -0.39 is 0 Å². The predicted molar refractivity (Wildman–Crippen MR) is 121 cm³/mol. The first-order valence-corrected chi connectivity index (χ1v) is 10.6. The topological polar surface area (TPSA) is 71.2 Å². The van der Waals surface area contributed by atoms with Crippen LogP contribution in [0.1, 0.15) is 41.4 Å². The van der Waals surface area contributed by atoms with Crippen LogP contribution in [0, 0.1) is 11.3 Å². The minimum absolute atomic E-state index is 0.0623. The van der Waals surface area contributed by atoms with E-state index in [1.54, 1.807) is 22.8 Å². The zero-order valence-corrected chi connectivity index (χ0v) is 18.1. The number of nitriles is 1. The van der Waals surface area contributed by atoms with Gasteiger partial charge in [-0.1, -0.05) is 55.8 Å². The van der Waals surface area contributed by atoms with E-state index >= 15 is 0 Å². The molecule has 31 heavy (non-hydrogen) atoms. The van der Waals surface area contributed by atoms with Crippen LogP contribution < -0.4 is 0 Å². The zero-order chi connectivity index (χ0) is 22.1. The number of aromatic nitrogens is 2. The molecule has 3 rings (SSSR count). The van der Waals surface area contributed by atoms with Gasteiger partial charge in [0.05, 0.1) is 24.8 Å². The van der Waals surface area contributed by atoms with Crippen LogP contribution in [0.15, 0.2) is 60.8 Å². The second-order valence-corrected chi connectivity index (χ2v) is 7.39. The quantitative estimate of drug-likeness (QED) is 0.492. The maximum Gasteiger partial charge on any atom is 0.274 e. The summed E-state index contributed by atoms with van der Waals surface area (Å²) in [5, 5.41) is 13.8. The van der Waals surface area contributed by atoms with Gasteiger partial charge in [-0.25, -0.2) is 0 Å². The van der Waals surface area contributed by atoms with Gasteiger partial charge in [0, 0.05) is 26.4 Å². The van der Waals surface area contributed by atoms with Gasteiger partial charge in [-0.2, -0.15) is 10.4 Å². The van der Waals surface area contributed by atoms with Gasteiger partial charge in [0.1, 0.15) is 5.69 Å². The lowest BCUT2D eigenvalue weighted by Gasteiger charge is -2.21. The van der Waals surface area contributed by atoms with Crippen molar-refractivity contribution in [3.05, 3.63) is 77.6 Å². The Morgan fingerprint density at radius 3 is 2.61 bits per heavy atom. The Bertz CT molecular complexity index is 1030. The maximum absolute atomic E-state index is 12.9. The van der Waals surface area contributed by atoms with Gasteiger partial charge in [0.25, 0.3) is 5.91 Å². The van der Waals surface area contributed by atoms with Gasteiger partial charge >= 0.3 is 0 Å². The average Bonchev–Trinajstić information content (AvgIpc) is 3.28. The highest BCUT2D eigenvalue weighted by Gasteiger charge is 2.18. The third-order valence-electron chi connectivity index (χ3n) is 5.15. The summed E-state index contributed by atoms with van der Waals surface area (Å²) >= 11 is 0. The van der Waals surface area contributed by atoms with Crippen molar-refractivity contribution in [1.82, 2.24) is 14.7 Å². The lowest BCUT2D eigenvalue weighted by Crippen LogP contribution is -2.35. The highest BCUT2D eigenvalue weighted by Crippen LogP contribution is 2.23. The second-order valence-electron chi connectivity index (χ2n) is 7.39. The molecule has 1 heterocycles. The van der Waals surface area contributed by atoms with E-state index in [-0.39, 0.29) is 5.91 Å². The number of unbranched alkanes of at least 4 members (excludes halogenated alkanes) is 1. The summed E-state index contributed by atoms with van der Waals surface area (Å²) in [6, 6.07) is 19.7. The summed E-state index contributed by atoms with van der Waals surface area (Å²) in [4.78, 5) is 14.7. The summed E-state index contributed by atoms with van der Waals surface area (Å²) in [7, 11) is 1.64. The van der Waals surface area contributed by atoms with Crippen molar-refractivity contribution in [2.24, 2.45) is 0 Å². The number of hydrogen-bond donors (Lipinski definition) is 0. The Hall–Kier alpha value is -3.43. The van der Waals surface area contributed by atoms with Gasteiger partial charge in [-0.15, -0.1) is 0 Å². The summed E-state index contributed by atoms with van der Waals surface area (Å²) in [6.45, 7) is 4.46. The normalized spacial score (nSPS) is 10.6. The molecule has 0 aliphatic rings. The minimum Gasteiger partial charge on any atom is -0.383 e. The van der Waals surface area contributed by atoms with Crippen LogP contribution in [0.2, 0.25) is 0 Å². The molecule has 1 aromatic heterocycles. The maximum atomic E-state index is 12.9. The minimum atomic E-state index is -0.0623. The number of methoxy groups -OCH3 is 1. The van der Waals surface area contributed by atoms with Crippen molar-refractivity contribution in [3.63, 3.8) is 0 Å². The van der Waals surface area contributed by atoms with Crippen molar-refractivity contribution < 1.29 is 9.53 Å². The Kier molecular flexibility index (Phi) is 7.97. The fraction of sp³-hybridized carbons (Fsp3) is 0.320. The Balaban J connectivity index is 1.69. The lowest BCUT2D eigenvalue weighted by atomic mass is 9.99. The zero-order valence-electron chi connectivity index (χ0n) is 18.1. The summed E-state index contributed by atoms with van der Waals surface area (Å²) < 4.78 is 6.92. The van der Waals surface area contributed by atoms with Crippen LogP contribution in [-0.4, -0.2) is 47.4 Å². The highest BCUT2D eigenvalue weighted by molar-refractivity contribution is 5.92. The molecule has 0 atom stereocenters. The van der Waals surface area contributed by atoms with Gasteiger partial charge in [0.15, 0.2) is 0 Å². The van der Waals surface area contributed by atoms with Crippen LogP contribution in [0.25, 0.3) is 11.1 Å². The molecule has 0 N–H and O–H groups in total. The third kappa shape index (κ3) is 5.80. The van der Waals surface area contributed by atoms with Crippen molar-refractivity contribution in [2.45, 2.75) is 26.3 Å². The van der Waals surface area contributed by atoms with Crippen LogP contribution in [0.3, 0.4) is 0 Å². The Morgan fingerprint density at radius 2 is 1.90 bits per heavy atom. The standard InChI is InChI=1S/C25H28N4O2/c1-3-4-14-28(16-17-31-2)25(30)24-13-15-29(27-24)19-20-9-11-21(12-10-20)23-8-6-5-7-22(23)18-26/h5-13,15H,3-4,14,16-17,19H2,1-2H3. The van der Waals surface area contributed by atoms with E-state index in [1.165, 1.54) is 0 Å². The second kappa shape index (κ2) is 11.1. The van der Waals surface area contributed by atoms with Crippen molar-refractivity contribution in [3.8, 4) is 17.2 Å². The van der Waals surface area contributed by atoms with E-state index in [1.807, 2.05) is 54.7 Å². The first kappa shape index (κ1) is 22.3. The first-order valence-electron chi connectivity index (χ1n) is 10.6. The molecule has 0 radical (unpaired) electrons. The molecule has 0 aliphatic carbocycles. The molecular weight excluding hydrogens is 388 g/mol. The van der Waals surface area contributed by atoms with Crippen LogP contribution in [0.5, 0.6) is 0 Å². The fourth-order valence-corrected chi connectivity index (χ4v) is 3.40. The molecule has 0 spiro atoms. The lowest BCUT2D eigenvalue weighted by molar-refractivity contribution is 0.0686. The van der Waals surface area contributed by atoms with Crippen LogP contribution in [-0.2, 0) is 11.3 Å². The molecule has 0 saturated carbocycles. The third-order valence-corrected chi connectivity index (χ3v) is 5.15. The largest absolute Gasteiger partial charge is 0.383 e. The van der Waals surface area contributed by atoms with E-state index in [9.17, 15) is 10.1 Å². The molecule has 6 heteroatoms. The Morgan fingerprint density at radius 1 is 1.13 bits per heavy atom. The molecule has 6 nitrogen and oxygen atoms in total. The van der Waals surface area contributed by atoms with E-state index in [0.29, 0.717) is 37.5 Å². The average molecular weight is 417 g/mol. The van der Waals surface area contributed by atoms with E-state index in [0.717, 1.165) is 29.5 Å². The monoisotopic (exact) mass is 416 g/mol. The SMILES string of the molecule is CCCCN(CCOC)C(=O)c1ccn(Cc2ccc(-c3ccccc3C#N)cc2)n1. The molecular formula is C25H28N4O2. The van der Waals surface area contributed by atoms with Gasteiger partial charge in [0.2, 0.25) is 0 Å². The number of nitrogens with zero attached hydrogens (tertiary/aromatic N) is 4. The number of hydrogen-bond acceptors (Lipinski definition) is 4. The molecule has 0 aliphatic heterocycles. The number of rotatable bonds is 10. The summed E-state index contributed by atoms with van der Waals surface area (Å²) in [5.41, 5.74) is 4.11. The molecule has 0 saturated heterocycles. The van der Waals surface area contributed by atoms with E-state index in [2.05, 4.69) is 18.1 Å². The van der Waals surface area contributed by atoms with Crippen LogP contribution >= 0.6 is 0 Å². The number of amides is 1. The van der Waals surface area contributed by atoms with Gasteiger partial charge in [-0.05, 0) is 35.2 Å². The molecule has 0 unspecified atom stereocenters. The van der Waals surface area contributed by atoms with E-state index in [4.69, 9.17) is 4.74 Å². The fourth-order valence-electron chi connectivity index (χ4n) is 3.40. The molecule has 0 fully saturated rings. The van der Waals surface area contributed by atoms with Crippen molar-refractivity contribution in [1.29, 1.82) is 5.26 Å². The van der Waals surface area contributed by atoms with Gasteiger partial charge in [-0.3, -0.25) is 9.48 Å². The smallest absolute Gasteiger partial charge is 0.274 e. The highest BCUT2D eigenvalue weighted by atomic mass is 16.5. The molecule has 3 aromatic rings. The van der Waals surface area contributed by atoms with Gasteiger partial charge < -0.3 is 9.64 Å². The molecule has 2 aromatic carbocycles.